The topological polar surface area (TPSA) is 56.5 Å². The van der Waals surface area contributed by atoms with Crippen LogP contribution in [0.25, 0.3) is 0 Å². The van der Waals surface area contributed by atoms with Crippen molar-refractivity contribution in [1.29, 1.82) is 0 Å². The molecule has 18 heavy (non-hydrogen) atoms. The Kier molecular flexibility index (Phi) is 4.77. The van der Waals surface area contributed by atoms with Gasteiger partial charge in [0.25, 0.3) is 0 Å². The van der Waals surface area contributed by atoms with Crippen LogP contribution >= 0.6 is 15.9 Å². The highest BCUT2D eigenvalue weighted by Crippen LogP contribution is 2.23. The lowest BCUT2D eigenvalue weighted by Gasteiger charge is -2.15. The van der Waals surface area contributed by atoms with E-state index in [4.69, 9.17) is 9.47 Å². The van der Waals surface area contributed by atoms with Crippen molar-refractivity contribution in [2.45, 2.75) is 45.6 Å². The van der Waals surface area contributed by atoms with E-state index in [0.717, 1.165) is 22.4 Å². The first-order valence-electron chi connectivity index (χ1n) is 6.24. The van der Waals surface area contributed by atoms with E-state index in [-0.39, 0.29) is 6.29 Å². The van der Waals surface area contributed by atoms with Crippen molar-refractivity contribution in [3.8, 4) is 0 Å². The van der Waals surface area contributed by atoms with Gasteiger partial charge in [-0.25, -0.2) is 0 Å². The number of rotatable bonds is 5. The van der Waals surface area contributed by atoms with Crippen molar-refractivity contribution in [2.24, 2.45) is 0 Å². The lowest BCUT2D eigenvalue weighted by Crippen LogP contribution is -2.22. The van der Waals surface area contributed by atoms with Crippen molar-refractivity contribution in [3.05, 3.63) is 15.9 Å². The molecule has 1 aromatic heterocycles. The van der Waals surface area contributed by atoms with Crippen LogP contribution in [0.15, 0.2) is 4.47 Å². The van der Waals surface area contributed by atoms with Crippen molar-refractivity contribution < 1.29 is 14.6 Å². The lowest BCUT2D eigenvalue weighted by molar-refractivity contribution is -0.0700. The van der Waals surface area contributed by atoms with E-state index in [0.29, 0.717) is 26.1 Å². The molecular weight excluding hydrogens is 300 g/mol. The average molecular weight is 319 g/mol. The highest BCUT2D eigenvalue weighted by Gasteiger charge is 2.22. The van der Waals surface area contributed by atoms with Gasteiger partial charge in [-0.1, -0.05) is 0 Å². The molecule has 1 N–H and O–H groups in total. The first kappa shape index (κ1) is 14.0. The minimum atomic E-state index is -0.481. The molecular formula is C12H19BrN2O3. The Hall–Kier alpha value is -0.430. The highest BCUT2D eigenvalue weighted by atomic mass is 79.9. The Balaban J connectivity index is 1.99. The maximum absolute atomic E-state index is 10.1. The molecule has 2 rings (SSSR count). The SMILES string of the molecule is CCn1nc(C)c(Br)c1CC(O)CC1OCCO1. The van der Waals surface area contributed by atoms with Crippen molar-refractivity contribution in [3.63, 3.8) is 0 Å². The van der Waals surface area contributed by atoms with Crippen LogP contribution in [0, 0.1) is 6.92 Å². The predicted molar refractivity (Wildman–Crippen MR) is 70.4 cm³/mol. The van der Waals surface area contributed by atoms with E-state index < -0.39 is 6.10 Å². The summed E-state index contributed by atoms with van der Waals surface area (Å²) in [6.07, 6.45) is 0.308. The fourth-order valence-electron chi connectivity index (χ4n) is 2.14. The molecule has 0 amide bonds. The van der Waals surface area contributed by atoms with E-state index in [2.05, 4.69) is 21.0 Å². The van der Waals surface area contributed by atoms with Gasteiger partial charge in [-0.15, -0.1) is 0 Å². The number of aliphatic hydroxyl groups is 1. The van der Waals surface area contributed by atoms with E-state index in [9.17, 15) is 5.11 Å². The Labute approximate surface area is 115 Å². The quantitative estimate of drug-likeness (QED) is 0.896. The molecule has 0 saturated carbocycles. The molecule has 5 nitrogen and oxygen atoms in total. The Morgan fingerprint density at radius 3 is 2.78 bits per heavy atom. The minimum absolute atomic E-state index is 0.266. The molecule has 102 valence electrons. The number of halogens is 1. The third kappa shape index (κ3) is 3.12. The van der Waals surface area contributed by atoms with Gasteiger partial charge in [0.1, 0.15) is 0 Å². The zero-order valence-electron chi connectivity index (χ0n) is 10.7. The highest BCUT2D eigenvalue weighted by molar-refractivity contribution is 9.10. The predicted octanol–water partition coefficient (Wildman–Crippen LogP) is 1.64. The molecule has 0 spiro atoms. The maximum atomic E-state index is 10.1. The van der Waals surface area contributed by atoms with E-state index in [1.807, 2.05) is 18.5 Å². The molecule has 1 aliphatic heterocycles. The van der Waals surface area contributed by atoms with Crippen LogP contribution in [0.1, 0.15) is 24.7 Å². The fourth-order valence-corrected chi connectivity index (χ4v) is 2.58. The smallest absolute Gasteiger partial charge is 0.160 e. The second-order valence-electron chi connectivity index (χ2n) is 4.43. The molecule has 1 aliphatic rings. The van der Waals surface area contributed by atoms with Gasteiger partial charge in [-0.05, 0) is 29.8 Å². The van der Waals surface area contributed by atoms with Crippen LogP contribution in [-0.2, 0) is 22.4 Å². The summed E-state index contributed by atoms with van der Waals surface area (Å²) >= 11 is 3.53. The summed E-state index contributed by atoms with van der Waals surface area (Å²) in [5, 5.41) is 14.5. The first-order chi connectivity index (χ1) is 8.61. The van der Waals surface area contributed by atoms with Crippen LogP contribution in [0.4, 0.5) is 0 Å². The summed E-state index contributed by atoms with van der Waals surface area (Å²) in [5.41, 5.74) is 1.98. The van der Waals surface area contributed by atoms with Crippen LogP contribution < -0.4 is 0 Å². The number of hydrogen-bond donors (Lipinski definition) is 1. The van der Waals surface area contributed by atoms with Crippen LogP contribution in [0.2, 0.25) is 0 Å². The summed E-state index contributed by atoms with van der Waals surface area (Å²) in [4.78, 5) is 0. The normalized spacial score (nSPS) is 18.4. The second kappa shape index (κ2) is 6.14. The van der Waals surface area contributed by atoms with Gasteiger partial charge in [-0.2, -0.15) is 5.10 Å². The van der Waals surface area contributed by atoms with Crippen molar-refractivity contribution in [2.75, 3.05) is 13.2 Å². The molecule has 0 aromatic carbocycles. The zero-order valence-corrected chi connectivity index (χ0v) is 12.3. The number of nitrogens with zero attached hydrogens (tertiary/aromatic N) is 2. The van der Waals surface area contributed by atoms with Crippen LogP contribution in [0.3, 0.4) is 0 Å². The van der Waals surface area contributed by atoms with Gasteiger partial charge >= 0.3 is 0 Å². The first-order valence-corrected chi connectivity index (χ1v) is 7.04. The molecule has 0 radical (unpaired) electrons. The number of aliphatic hydroxyl groups excluding tert-OH is 1. The van der Waals surface area contributed by atoms with Crippen LogP contribution in [-0.4, -0.2) is 40.5 Å². The molecule has 6 heteroatoms. The van der Waals surface area contributed by atoms with Gasteiger partial charge in [0.15, 0.2) is 6.29 Å². The zero-order chi connectivity index (χ0) is 13.1. The third-order valence-corrected chi connectivity index (χ3v) is 4.07. The van der Waals surface area contributed by atoms with Gasteiger partial charge < -0.3 is 14.6 Å². The van der Waals surface area contributed by atoms with Crippen molar-refractivity contribution in [1.82, 2.24) is 9.78 Å². The number of aryl methyl sites for hydroxylation is 2. The number of aromatic nitrogens is 2. The third-order valence-electron chi connectivity index (χ3n) is 3.04. The molecule has 0 aliphatic carbocycles. The largest absolute Gasteiger partial charge is 0.393 e. The average Bonchev–Trinajstić information content (AvgIpc) is 2.92. The molecule has 1 atom stereocenters. The molecule has 1 unspecified atom stereocenters. The Morgan fingerprint density at radius 2 is 2.17 bits per heavy atom. The Morgan fingerprint density at radius 1 is 1.50 bits per heavy atom. The second-order valence-corrected chi connectivity index (χ2v) is 5.22. The lowest BCUT2D eigenvalue weighted by atomic mass is 10.1. The minimum Gasteiger partial charge on any atom is -0.393 e. The fraction of sp³-hybridized carbons (Fsp3) is 0.750. The summed E-state index contributed by atoms with van der Waals surface area (Å²) < 4.78 is 13.6. The standard InChI is InChI=1S/C12H19BrN2O3/c1-3-15-10(12(13)8(2)14-15)6-9(16)7-11-17-4-5-18-11/h9,11,16H,3-7H2,1-2H3. The molecule has 0 bridgehead atoms. The van der Waals surface area contributed by atoms with E-state index >= 15 is 0 Å². The van der Waals surface area contributed by atoms with Gasteiger partial charge in [-0.3, -0.25) is 4.68 Å². The van der Waals surface area contributed by atoms with Crippen molar-refractivity contribution >= 4 is 15.9 Å². The van der Waals surface area contributed by atoms with Crippen LogP contribution in [0.5, 0.6) is 0 Å². The van der Waals surface area contributed by atoms with E-state index in [1.165, 1.54) is 0 Å². The molecule has 1 saturated heterocycles. The monoisotopic (exact) mass is 318 g/mol. The number of hydrogen-bond acceptors (Lipinski definition) is 4. The summed E-state index contributed by atoms with van der Waals surface area (Å²) in [5.74, 6) is 0. The van der Waals surface area contributed by atoms with Gasteiger partial charge in [0.05, 0.1) is 35.2 Å². The summed E-state index contributed by atoms with van der Waals surface area (Å²) in [6.45, 7) is 6.03. The van der Waals surface area contributed by atoms with E-state index in [1.54, 1.807) is 0 Å². The molecule has 2 heterocycles. The molecule has 1 fully saturated rings. The summed E-state index contributed by atoms with van der Waals surface area (Å²) in [6, 6.07) is 0. The number of ether oxygens (including phenoxy) is 2. The maximum Gasteiger partial charge on any atom is 0.160 e. The summed E-state index contributed by atoms with van der Waals surface area (Å²) in [7, 11) is 0. The Bertz CT molecular complexity index is 402. The molecule has 1 aromatic rings. The van der Waals surface area contributed by atoms with Gasteiger partial charge in [0, 0.05) is 19.4 Å². The van der Waals surface area contributed by atoms with Gasteiger partial charge in [0.2, 0.25) is 0 Å².